The van der Waals surface area contributed by atoms with Gasteiger partial charge in [-0.3, -0.25) is 14.7 Å². The summed E-state index contributed by atoms with van der Waals surface area (Å²) in [5.74, 6) is 0.231. The first-order valence-electron chi connectivity index (χ1n) is 7.07. The second-order valence-corrected chi connectivity index (χ2v) is 5.42. The lowest BCUT2D eigenvalue weighted by Crippen LogP contribution is -2.36. The van der Waals surface area contributed by atoms with Gasteiger partial charge in [0.15, 0.2) is 0 Å². The van der Waals surface area contributed by atoms with Crippen molar-refractivity contribution in [1.82, 2.24) is 24.5 Å². The number of hydrogen-bond acceptors (Lipinski definition) is 5. The third-order valence-electron chi connectivity index (χ3n) is 3.98. The summed E-state index contributed by atoms with van der Waals surface area (Å²) < 4.78 is 1.16. The normalized spacial score (nSPS) is 22.1. The van der Waals surface area contributed by atoms with E-state index in [1.54, 1.807) is 4.90 Å². The van der Waals surface area contributed by atoms with Crippen molar-refractivity contribution in [3.8, 4) is 0 Å². The summed E-state index contributed by atoms with van der Waals surface area (Å²) in [6.07, 6.45) is 4.67. The molecule has 2 aromatic heterocycles. The maximum absolute atomic E-state index is 12.5. The van der Waals surface area contributed by atoms with Crippen molar-refractivity contribution in [1.29, 1.82) is 0 Å². The number of likely N-dealkylation sites (tertiary alicyclic amines) is 1. The van der Waals surface area contributed by atoms with Crippen LogP contribution in [-0.2, 0) is 0 Å². The highest BCUT2D eigenvalue weighted by Crippen LogP contribution is 2.21. The fourth-order valence-corrected chi connectivity index (χ4v) is 2.85. The van der Waals surface area contributed by atoms with Gasteiger partial charge in [0, 0.05) is 25.3 Å². The summed E-state index contributed by atoms with van der Waals surface area (Å²) in [5.41, 5.74) is 5.68. The first-order chi connectivity index (χ1) is 10.1. The second-order valence-electron chi connectivity index (χ2n) is 5.42. The maximum Gasteiger partial charge on any atom is 0.286 e. The number of aromatic nitrogens is 4. The molecule has 1 aliphatic rings. The molecule has 3 heterocycles. The van der Waals surface area contributed by atoms with Crippen LogP contribution < -0.4 is 11.3 Å². The average molecular weight is 290 g/mol. The molecule has 0 unspecified atom stereocenters. The lowest BCUT2D eigenvalue weighted by molar-refractivity contribution is 0.0783. The van der Waals surface area contributed by atoms with Crippen LogP contribution in [0.5, 0.6) is 0 Å². The van der Waals surface area contributed by atoms with Gasteiger partial charge in [-0.1, -0.05) is 13.3 Å². The van der Waals surface area contributed by atoms with E-state index in [1.807, 2.05) is 0 Å². The Morgan fingerprint density at radius 2 is 2.29 bits per heavy atom. The topological polar surface area (TPSA) is 109 Å². The molecule has 112 valence electrons. The third-order valence-corrected chi connectivity index (χ3v) is 3.98. The zero-order chi connectivity index (χ0) is 15.0. The summed E-state index contributed by atoms with van der Waals surface area (Å²) in [7, 11) is 0. The number of aromatic amines is 1. The second kappa shape index (κ2) is 5.28. The smallest absolute Gasteiger partial charge is 0.286 e. The quantitative estimate of drug-likeness (QED) is 0.800. The summed E-state index contributed by atoms with van der Waals surface area (Å²) in [5, 5.41) is 2.65. The number of nitrogens with one attached hydrogen (secondary N) is 1. The van der Waals surface area contributed by atoms with Crippen LogP contribution in [0.15, 0.2) is 17.3 Å². The minimum Gasteiger partial charge on any atom is -0.337 e. The molecule has 2 atom stereocenters. The number of hydrogen-bond donors (Lipinski definition) is 2. The Labute approximate surface area is 121 Å². The van der Waals surface area contributed by atoms with Crippen LogP contribution in [-0.4, -0.2) is 49.5 Å². The van der Waals surface area contributed by atoms with Crippen LogP contribution in [0.4, 0.5) is 0 Å². The lowest BCUT2D eigenvalue weighted by atomic mass is 9.99. The van der Waals surface area contributed by atoms with Crippen molar-refractivity contribution in [3.63, 3.8) is 0 Å². The predicted octanol–water partition coefficient (Wildman–Crippen LogP) is -0.383. The van der Waals surface area contributed by atoms with Gasteiger partial charge in [0.25, 0.3) is 17.2 Å². The zero-order valence-corrected chi connectivity index (χ0v) is 11.8. The van der Waals surface area contributed by atoms with Gasteiger partial charge < -0.3 is 10.6 Å². The van der Waals surface area contributed by atoms with E-state index in [0.717, 1.165) is 17.4 Å². The Morgan fingerprint density at radius 1 is 1.48 bits per heavy atom. The molecule has 0 spiro atoms. The summed E-state index contributed by atoms with van der Waals surface area (Å²) in [6.45, 7) is 3.17. The van der Waals surface area contributed by atoms with Crippen LogP contribution in [0, 0.1) is 5.92 Å². The van der Waals surface area contributed by atoms with E-state index in [4.69, 9.17) is 5.73 Å². The number of fused-ring (bicyclic) bond motifs is 1. The van der Waals surface area contributed by atoms with Crippen molar-refractivity contribution < 1.29 is 4.79 Å². The average Bonchev–Trinajstić information content (AvgIpc) is 3.07. The van der Waals surface area contributed by atoms with Gasteiger partial charge in [-0.15, -0.1) is 0 Å². The third kappa shape index (κ3) is 2.31. The molecule has 1 amide bonds. The number of rotatable bonds is 3. The van der Waals surface area contributed by atoms with Crippen molar-refractivity contribution in [2.75, 3.05) is 13.1 Å². The fourth-order valence-electron chi connectivity index (χ4n) is 2.85. The van der Waals surface area contributed by atoms with Gasteiger partial charge in [0.05, 0.1) is 0 Å². The van der Waals surface area contributed by atoms with E-state index in [9.17, 15) is 9.59 Å². The number of carbonyl (C=O) groups is 1. The number of H-pyrrole nitrogens is 1. The number of nitrogens with two attached hydrogens (primary N) is 1. The van der Waals surface area contributed by atoms with Crippen LogP contribution in [0.1, 0.15) is 30.1 Å². The van der Waals surface area contributed by atoms with Crippen molar-refractivity contribution in [3.05, 3.63) is 28.4 Å². The van der Waals surface area contributed by atoms with Gasteiger partial charge >= 0.3 is 0 Å². The van der Waals surface area contributed by atoms with Crippen molar-refractivity contribution >= 4 is 11.7 Å². The molecule has 8 heteroatoms. The molecule has 1 aliphatic heterocycles. The molecule has 8 nitrogen and oxygen atoms in total. The van der Waals surface area contributed by atoms with E-state index in [0.29, 0.717) is 19.0 Å². The molecule has 21 heavy (non-hydrogen) atoms. The Bertz CT molecular complexity index is 721. The van der Waals surface area contributed by atoms with E-state index in [-0.39, 0.29) is 23.3 Å². The summed E-state index contributed by atoms with van der Waals surface area (Å²) in [6, 6.07) is -0.0273. The van der Waals surface area contributed by atoms with Gasteiger partial charge in [-0.25, -0.2) is 9.97 Å². The zero-order valence-electron chi connectivity index (χ0n) is 11.8. The number of carbonyl (C=O) groups excluding carboxylic acids is 1. The van der Waals surface area contributed by atoms with Gasteiger partial charge in [-0.2, -0.15) is 4.52 Å². The highest BCUT2D eigenvalue weighted by atomic mass is 16.2. The largest absolute Gasteiger partial charge is 0.337 e. The van der Waals surface area contributed by atoms with Crippen LogP contribution in [0.25, 0.3) is 5.78 Å². The van der Waals surface area contributed by atoms with E-state index >= 15 is 0 Å². The molecule has 0 aliphatic carbocycles. The number of nitrogens with zero attached hydrogens (tertiary/aromatic N) is 4. The minimum atomic E-state index is -0.435. The first-order valence-corrected chi connectivity index (χ1v) is 7.07. The Hall–Kier alpha value is -2.22. The SMILES string of the molecule is CCC[C@H]1CN(C(=O)c2cnc3nc[nH]n3c2=O)C[C@@H]1N. The molecule has 0 saturated carbocycles. The molecule has 1 saturated heterocycles. The molecule has 0 radical (unpaired) electrons. The molecule has 0 aromatic carbocycles. The lowest BCUT2D eigenvalue weighted by Gasteiger charge is -2.15. The van der Waals surface area contributed by atoms with Gasteiger partial charge in [0.1, 0.15) is 11.9 Å². The molecule has 3 rings (SSSR count). The predicted molar refractivity (Wildman–Crippen MR) is 75.9 cm³/mol. The van der Waals surface area contributed by atoms with Crippen LogP contribution in [0.3, 0.4) is 0 Å². The van der Waals surface area contributed by atoms with E-state index < -0.39 is 5.56 Å². The molecule has 3 N–H and O–H groups in total. The van der Waals surface area contributed by atoms with Gasteiger partial charge in [-0.05, 0) is 12.3 Å². The molecule has 2 aromatic rings. The van der Waals surface area contributed by atoms with Crippen LogP contribution in [0.2, 0.25) is 0 Å². The fraction of sp³-hybridized carbons (Fsp3) is 0.538. The molecular weight excluding hydrogens is 272 g/mol. The van der Waals surface area contributed by atoms with Gasteiger partial charge in [0.2, 0.25) is 0 Å². The summed E-state index contributed by atoms with van der Waals surface area (Å²) >= 11 is 0. The summed E-state index contributed by atoms with van der Waals surface area (Å²) in [4.78, 5) is 34.3. The Morgan fingerprint density at radius 3 is 3.05 bits per heavy atom. The number of amides is 1. The highest BCUT2D eigenvalue weighted by Gasteiger charge is 2.33. The Balaban J connectivity index is 1.88. The minimum absolute atomic E-state index is 0.0273. The molecule has 1 fully saturated rings. The highest BCUT2D eigenvalue weighted by molar-refractivity contribution is 5.94. The van der Waals surface area contributed by atoms with Crippen LogP contribution >= 0.6 is 0 Å². The first kappa shape index (κ1) is 13.7. The molecular formula is C13H18N6O2. The van der Waals surface area contributed by atoms with E-state index in [1.165, 1.54) is 12.5 Å². The van der Waals surface area contributed by atoms with Crippen molar-refractivity contribution in [2.45, 2.75) is 25.8 Å². The Kier molecular flexibility index (Phi) is 3.46. The monoisotopic (exact) mass is 290 g/mol. The molecule has 0 bridgehead atoms. The van der Waals surface area contributed by atoms with Crippen molar-refractivity contribution in [2.24, 2.45) is 11.7 Å². The maximum atomic E-state index is 12.5. The van der Waals surface area contributed by atoms with E-state index in [2.05, 4.69) is 22.0 Å². The standard InChI is InChI=1S/C13H18N6O2/c1-2-3-8-5-18(6-10(8)14)11(20)9-4-15-13-16-7-17-19(13)12(9)21/h4,7-8,10H,2-3,5-6,14H2,1H3,(H,15,16,17)/t8-,10-/m0/s1.